The molecule has 6 heteroatoms. The van der Waals surface area contributed by atoms with E-state index in [2.05, 4.69) is 58.5 Å². The van der Waals surface area contributed by atoms with Crippen LogP contribution in [0.4, 0.5) is 0 Å². The van der Waals surface area contributed by atoms with E-state index in [1.807, 2.05) is 0 Å². The van der Waals surface area contributed by atoms with E-state index in [0.29, 0.717) is 0 Å². The lowest BCUT2D eigenvalue weighted by atomic mass is 10.1. The number of rotatable bonds is 9. The molecule has 130 valence electrons. The van der Waals surface area contributed by atoms with Crippen LogP contribution in [0.25, 0.3) is 0 Å². The Bertz CT molecular complexity index is 304. The van der Waals surface area contributed by atoms with Crippen LogP contribution >= 0.6 is 0 Å². The van der Waals surface area contributed by atoms with Crippen molar-refractivity contribution in [2.24, 2.45) is 0 Å². The van der Waals surface area contributed by atoms with E-state index >= 15 is 0 Å². The lowest BCUT2D eigenvalue weighted by Gasteiger charge is -2.18. The van der Waals surface area contributed by atoms with E-state index in [9.17, 15) is 0 Å². The maximum Gasteiger partial charge on any atom is 0.0890 e. The molecule has 0 radical (unpaired) electrons. The zero-order valence-corrected chi connectivity index (χ0v) is 17.1. The highest BCUT2D eigenvalue weighted by Crippen LogP contribution is 2.11. The summed E-state index contributed by atoms with van der Waals surface area (Å²) in [5.74, 6) is 0. The molecule has 0 atom stereocenters. The van der Waals surface area contributed by atoms with Crippen molar-refractivity contribution in [2.45, 2.75) is 38.5 Å². The zero-order valence-electron chi connectivity index (χ0n) is 13.9. The highest BCUT2D eigenvalue weighted by atomic mass is 79.9. The third-order valence-electron chi connectivity index (χ3n) is 4.01. The summed E-state index contributed by atoms with van der Waals surface area (Å²) in [5.41, 5.74) is 0. The van der Waals surface area contributed by atoms with Gasteiger partial charge in [0.05, 0.1) is 13.3 Å². The SMILES string of the molecule is CN1C=CN(CCCCCCCCN2C=CN(C)C2)C1.[Br-].[Br-]. The summed E-state index contributed by atoms with van der Waals surface area (Å²) < 4.78 is 0. The van der Waals surface area contributed by atoms with Gasteiger partial charge in [-0.05, 0) is 12.8 Å². The summed E-state index contributed by atoms with van der Waals surface area (Å²) in [6.45, 7) is 4.56. The summed E-state index contributed by atoms with van der Waals surface area (Å²) in [4.78, 5) is 9.25. The number of halogens is 2. The van der Waals surface area contributed by atoms with Gasteiger partial charge in [0.1, 0.15) is 0 Å². The van der Waals surface area contributed by atoms with Crippen LogP contribution in [-0.4, -0.2) is 60.1 Å². The molecule has 2 aliphatic heterocycles. The molecule has 0 amide bonds. The molecule has 0 aromatic carbocycles. The highest BCUT2D eigenvalue weighted by Gasteiger charge is 2.08. The number of hydrogen-bond donors (Lipinski definition) is 0. The van der Waals surface area contributed by atoms with E-state index < -0.39 is 0 Å². The zero-order chi connectivity index (χ0) is 14.2. The summed E-state index contributed by atoms with van der Waals surface area (Å²) in [5, 5.41) is 0. The number of nitrogens with zero attached hydrogens (tertiary/aromatic N) is 4. The largest absolute Gasteiger partial charge is 1.00 e. The van der Waals surface area contributed by atoms with E-state index in [1.54, 1.807) is 0 Å². The van der Waals surface area contributed by atoms with E-state index in [-0.39, 0.29) is 34.0 Å². The van der Waals surface area contributed by atoms with Gasteiger partial charge in [0.25, 0.3) is 0 Å². The van der Waals surface area contributed by atoms with Crippen LogP contribution in [0.2, 0.25) is 0 Å². The van der Waals surface area contributed by atoms with Gasteiger partial charge in [0, 0.05) is 52.0 Å². The fourth-order valence-electron chi connectivity index (χ4n) is 2.81. The van der Waals surface area contributed by atoms with Crippen molar-refractivity contribution in [1.82, 2.24) is 19.6 Å². The first-order chi connectivity index (χ1) is 9.74. The van der Waals surface area contributed by atoms with Crippen molar-refractivity contribution in [3.63, 3.8) is 0 Å². The van der Waals surface area contributed by atoms with Crippen LogP contribution in [0, 0.1) is 0 Å². The fraction of sp³-hybridized carbons (Fsp3) is 0.750. The van der Waals surface area contributed by atoms with Gasteiger partial charge >= 0.3 is 0 Å². The lowest BCUT2D eigenvalue weighted by molar-refractivity contribution is -0.001000. The Morgan fingerprint density at radius 1 is 0.591 bits per heavy atom. The van der Waals surface area contributed by atoms with Crippen LogP contribution in [-0.2, 0) is 0 Å². The summed E-state index contributed by atoms with van der Waals surface area (Å²) in [6, 6.07) is 0. The molecule has 0 fully saturated rings. The van der Waals surface area contributed by atoms with Gasteiger partial charge in [0.2, 0.25) is 0 Å². The molecule has 0 N–H and O–H groups in total. The average Bonchev–Trinajstić information content (AvgIpc) is 3.02. The molecule has 0 aromatic rings. The van der Waals surface area contributed by atoms with Gasteiger partial charge in [-0.1, -0.05) is 25.7 Å². The maximum atomic E-state index is 2.40. The number of unbranched alkanes of at least 4 members (excludes halogenated alkanes) is 5. The molecule has 2 heterocycles. The second kappa shape index (κ2) is 12.1. The molecule has 0 spiro atoms. The summed E-state index contributed by atoms with van der Waals surface area (Å²) in [6.07, 6.45) is 16.9. The first-order valence-corrected chi connectivity index (χ1v) is 7.99. The molecule has 22 heavy (non-hydrogen) atoms. The van der Waals surface area contributed by atoms with Crippen LogP contribution in [0.1, 0.15) is 38.5 Å². The van der Waals surface area contributed by atoms with Crippen molar-refractivity contribution >= 4 is 0 Å². The van der Waals surface area contributed by atoms with Gasteiger partial charge < -0.3 is 53.6 Å². The Hall–Kier alpha value is -0.360. The van der Waals surface area contributed by atoms with Crippen molar-refractivity contribution in [1.29, 1.82) is 0 Å². The minimum atomic E-state index is 0. The lowest BCUT2D eigenvalue weighted by Crippen LogP contribution is -3.00. The monoisotopic (exact) mass is 436 g/mol. The van der Waals surface area contributed by atoms with E-state index in [0.717, 1.165) is 13.3 Å². The van der Waals surface area contributed by atoms with E-state index in [4.69, 9.17) is 0 Å². The minimum Gasteiger partial charge on any atom is -1.00 e. The standard InChI is InChI=1S/C16H30N4.2BrH/c1-17-11-13-19(15-17)9-7-5-3-4-6-8-10-20-14-12-18(2)16-20;;/h11-14H,3-10,15-16H2,1-2H3;2*1H/p-2. The first-order valence-electron chi connectivity index (χ1n) is 7.99. The summed E-state index contributed by atoms with van der Waals surface area (Å²) >= 11 is 0. The third kappa shape index (κ3) is 8.32. The van der Waals surface area contributed by atoms with Crippen LogP contribution in [0.5, 0.6) is 0 Å². The molecule has 2 aliphatic rings. The molecule has 0 unspecified atom stereocenters. The van der Waals surface area contributed by atoms with Crippen molar-refractivity contribution in [3.8, 4) is 0 Å². The van der Waals surface area contributed by atoms with Gasteiger partial charge in [-0.2, -0.15) is 0 Å². The second-order valence-electron chi connectivity index (χ2n) is 6.14. The quantitative estimate of drug-likeness (QED) is 0.350. The predicted octanol–water partition coefficient (Wildman–Crippen LogP) is -3.31. The molecule has 0 aromatic heterocycles. The minimum absolute atomic E-state index is 0. The normalized spacial score (nSPS) is 16.3. The van der Waals surface area contributed by atoms with Crippen molar-refractivity contribution in [2.75, 3.05) is 40.5 Å². The highest BCUT2D eigenvalue weighted by molar-refractivity contribution is 4.89. The van der Waals surface area contributed by atoms with Crippen LogP contribution in [0.3, 0.4) is 0 Å². The Labute approximate surface area is 157 Å². The summed E-state index contributed by atoms with van der Waals surface area (Å²) in [7, 11) is 4.26. The topological polar surface area (TPSA) is 13.0 Å². The molecule has 0 bridgehead atoms. The van der Waals surface area contributed by atoms with Gasteiger partial charge in [0.15, 0.2) is 0 Å². The molecule has 0 saturated heterocycles. The molecule has 4 nitrogen and oxygen atoms in total. The Kier molecular flexibility index (Phi) is 11.9. The maximum absolute atomic E-state index is 2.40. The van der Waals surface area contributed by atoms with Crippen LogP contribution in [0.15, 0.2) is 24.8 Å². The fourth-order valence-corrected chi connectivity index (χ4v) is 2.81. The second-order valence-corrected chi connectivity index (χ2v) is 6.14. The van der Waals surface area contributed by atoms with Gasteiger partial charge in [-0.3, -0.25) is 0 Å². The van der Waals surface area contributed by atoms with Gasteiger partial charge in [-0.15, -0.1) is 0 Å². The molecule has 2 rings (SSSR count). The average molecular weight is 438 g/mol. The number of hydrogen-bond acceptors (Lipinski definition) is 4. The third-order valence-corrected chi connectivity index (χ3v) is 4.01. The molecular weight excluding hydrogens is 408 g/mol. The van der Waals surface area contributed by atoms with Gasteiger partial charge in [-0.25, -0.2) is 0 Å². The van der Waals surface area contributed by atoms with E-state index in [1.165, 1.54) is 51.6 Å². The van der Waals surface area contributed by atoms with Crippen molar-refractivity contribution < 1.29 is 34.0 Å². The predicted molar refractivity (Wildman–Crippen MR) is 84.7 cm³/mol. The van der Waals surface area contributed by atoms with Crippen LogP contribution < -0.4 is 34.0 Å². The Morgan fingerprint density at radius 3 is 1.27 bits per heavy atom. The smallest absolute Gasteiger partial charge is 0.0890 e. The molecule has 0 aliphatic carbocycles. The molecular formula is C16H30Br2N4-2. The Morgan fingerprint density at radius 2 is 0.955 bits per heavy atom. The molecule has 0 saturated carbocycles. The van der Waals surface area contributed by atoms with Crippen molar-refractivity contribution in [3.05, 3.63) is 24.8 Å². The first kappa shape index (κ1) is 21.6. The Balaban J connectivity index is 0.00000220.